The Morgan fingerprint density at radius 3 is 2.32 bits per heavy atom. The number of anilines is 1. The highest BCUT2D eigenvalue weighted by atomic mass is 35.5. The molecule has 0 heterocycles. The first kappa shape index (κ1) is 20.6. The fourth-order valence-electron chi connectivity index (χ4n) is 1.26. The molecule has 0 aromatic heterocycles. The standard InChI is InChI=1S/C13H15Cl2N3.C4H10/c1-8-4-5-11(7-12(8)15)18-13(6-9(2)14)17-10(3)16;1-4(2)3/h4-7H,3,16H2,1-2H3,(H,17,18);4H,1-3H3/b9-6+;. The van der Waals surface area contributed by atoms with E-state index in [1.807, 2.05) is 25.1 Å². The molecule has 0 aliphatic heterocycles. The average molecular weight is 342 g/mol. The van der Waals surface area contributed by atoms with Crippen LogP contribution in [0, 0.1) is 12.8 Å². The number of aliphatic imine (C=N–C) groups is 1. The normalized spacial score (nSPS) is 11.8. The first-order valence-electron chi connectivity index (χ1n) is 7.01. The van der Waals surface area contributed by atoms with Gasteiger partial charge in [0.2, 0.25) is 0 Å². The lowest BCUT2D eigenvalue weighted by molar-refractivity contribution is 0.737. The van der Waals surface area contributed by atoms with Crippen LogP contribution in [0.5, 0.6) is 0 Å². The molecule has 0 aliphatic carbocycles. The average Bonchev–Trinajstić information content (AvgIpc) is 2.31. The number of hydrogen-bond acceptors (Lipinski definition) is 2. The van der Waals surface area contributed by atoms with E-state index in [0.717, 1.165) is 17.2 Å². The molecular formula is C17H25Cl2N3. The van der Waals surface area contributed by atoms with Crippen molar-refractivity contribution < 1.29 is 0 Å². The van der Waals surface area contributed by atoms with Crippen LogP contribution >= 0.6 is 23.2 Å². The molecule has 5 heteroatoms. The van der Waals surface area contributed by atoms with E-state index in [1.165, 1.54) is 0 Å². The van der Waals surface area contributed by atoms with Gasteiger partial charge in [-0.1, -0.05) is 56.6 Å². The third-order valence-corrected chi connectivity index (χ3v) is 2.56. The third-order valence-electron chi connectivity index (χ3n) is 2.04. The Hall–Kier alpha value is -1.45. The second kappa shape index (κ2) is 10.3. The summed E-state index contributed by atoms with van der Waals surface area (Å²) < 4.78 is 0. The number of halogens is 2. The van der Waals surface area contributed by atoms with Gasteiger partial charge in [-0.25, -0.2) is 4.99 Å². The fourth-order valence-corrected chi connectivity index (χ4v) is 1.54. The molecule has 3 N–H and O–H groups in total. The highest BCUT2D eigenvalue weighted by Gasteiger charge is 2.01. The Morgan fingerprint density at radius 1 is 1.36 bits per heavy atom. The van der Waals surface area contributed by atoms with Crippen LogP contribution in [0.3, 0.4) is 0 Å². The molecule has 1 rings (SSSR count). The molecule has 22 heavy (non-hydrogen) atoms. The fraction of sp³-hybridized carbons (Fsp3) is 0.353. The van der Waals surface area contributed by atoms with Crippen molar-refractivity contribution in [2.75, 3.05) is 5.32 Å². The van der Waals surface area contributed by atoms with Gasteiger partial charge in [0, 0.05) is 15.7 Å². The first-order chi connectivity index (χ1) is 10.1. The molecule has 1 aromatic carbocycles. The van der Waals surface area contributed by atoms with Crippen LogP contribution in [0.15, 0.2) is 46.7 Å². The smallest absolute Gasteiger partial charge is 0.133 e. The van der Waals surface area contributed by atoms with E-state index >= 15 is 0 Å². The summed E-state index contributed by atoms with van der Waals surface area (Å²) in [5, 5.41) is 4.34. The van der Waals surface area contributed by atoms with Crippen molar-refractivity contribution in [2.45, 2.75) is 34.6 Å². The van der Waals surface area contributed by atoms with Gasteiger partial charge in [-0.2, -0.15) is 0 Å². The van der Waals surface area contributed by atoms with Crippen LogP contribution in [0.1, 0.15) is 33.3 Å². The minimum absolute atomic E-state index is 0.199. The molecule has 0 saturated carbocycles. The lowest BCUT2D eigenvalue weighted by atomic mass is 10.2. The van der Waals surface area contributed by atoms with Crippen LogP contribution in [0.25, 0.3) is 0 Å². The van der Waals surface area contributed by atoms with Gasteiger partial charge in [-0.3, -0.25) is 0 Å². The van der Waals surface area contributed by atoms with E-state index in [2.05, 4.69) is 37.7 Å². The molecule has 0 aliphatic rings. The first-order valence-corrected chi connectivity index (χ1v) is 7.77. The Kier molecular flexibility index (Phi) is 9.63. The molecule has 0 spiro atoms. The van der Waals surface area contributed by atoms with Gasteiger partial charge in [0.1, 0.15) is 11.7 Å². The number of hydrogen-bond donors (Lipinski definition) is 2. The number of amidine groups is 1. The lowest BCUT2D eigenvalue weighted by Crippen LogP contribution is -2.11. The number of nitrogens with two attached hydrogens (primary N) is 1. The lowest BCUT2D eigenvalue weighted by Gasteiger charge is -2.08. The number of nitrogens with zero attached hydrogens (tertiary/aromatic N) is 1. The molecule has 0 bridgehead atoms. The third kappa shape index (κ3) is 10.3. The van der Waals surface area contributed by atoms with Crippen molar-refractivity contribution >= 4 is 34.7 Å². The quantitative estimate of drug-likeness (QED) is 0.547. The van der Waals surface area contributed by atoms with Gasteiger partial charge in [0.15, 0.2) is 0 Å². The van der Waals surface area contributed by atoms with Crippen molar-refractivity contribution in [1.29, 1.82) is 0 Å². The molecule has 0 fully saturated rings. The molecule has 1 aromatic rings. The maximum Gasteiger partial charge on any atom is 0.133 e. The summed E-state index contributed by atoms with van der Waals surface area (Å²) in [5.74, 6) is 1.54. The topological polar surface area (TPSA) is 50.4 Å². The predicted molar refractivity (Wildman–Crippen MR) is 101 cm³/mol. The molecule has 0 radical (unpaired) electrons. The van der Waals surface area contributed by atoms with Crippen molar-refractivity contribution in [1.82, 2.24) is 0 Å². The van der Waals surface area contributed by atoms with Crippen LogP contribution in [0.2, 0.25) is 5.02 Å². The number of aryl methyl sites for hydroxylation is 1. The zero-order valence-electron chi connectivity index (χ0n) is 13.9. The second-order valence-corrected chi connectivity index (χ2v) is 6.54. The minimum Gasteiger partial charge on any atom is -0.384 e. The van der Waals surface area contributed by atoms with Gasteiger partial charge < -0.3 is 11.1 Å². The number of nitrogens with one attached hydrogen (secondary N) is 1. The van der Waals surface area contributed by atoms with Crippen LogP contribution in [-0.2, 0) is 0 Å². The molecule has 0 unspecified atom stereocenters. The van der Waals surface area contributed by atoms with E-state index in [4.69, 9.17) is 28.9 Å². The number of allylic oxidation sites excluding steroid dienone is 1. The molecular weight excluding hydrogens is 317 g/mol. The van der Waals surface area contributed by atoms with Gasteiger partial charge in [-0.05, 0) is 43.5 Å². The summed E-state index contributed by atoms with van der Waals surface area (Å²) >= 11 is 11.9. The van der Waals surface area contributed by atoms with E-state index in [9.17, 15) is 0 Å². The summed E-state index contributed by atoms with van der Waals surface area (Å²) in [4.78, 5) is 4.05. The zero-order chi connectivity index (χ0) is 17.3. The van der Waals surface area contributed by atoms with Crippen LogP contribution in [-0.4, -0.2) is 5.84 Å². The second-order valence-electron chi connectivity index (χ2n) is 5.54. The SMILES string of the molecule is C=C(N)/N=C(\C=C(/C)Cl)Nc1ccc(C)c(Cl)c1.CC(C)C. The Morgan fingerprint density at radius 2 is 1.91 bits per heavy atom. The van der Waals surface area contributed by atoms with Gasteiger partial charge >= 0.3 is 0 Å². The predicted octanol–water partition coefficient (Wildman–Crippen LogP) is 5.69. The van der Waals surface area contributed by atoms with Crippen molar-refractivity contribution in [2.24, 2.45) is 16.6 Å². The highest BCUT2D eigenvalue weighted by molar-refractivity contribution is 6.32. The van der Waals surface area contributed by atoms with Crippen molar-refractivity contribution in [3.05, 3.63) is 52.3 Å². The number of benzene rings is 1. The number of rotatable bonds is 3. The highest BCUT2D eigenvalue weighted by Crippen LogP contribution is 2.20. The van der Waals surface area contributed by atoms with Gasteiger partial charge in [0.05, 0.1) is 0 Å². The maximum atomic E-state index is 6.05. The van der Waals surface area contributed by atoms with E-state index in [1.54, 1.807) is 13.0 Å². The summed E-state index contributed by atoms with van der Waals surface area (Å²) in [6, 6.07) is 5.62. The molecule has 0 amide bonds. The Bertz CT molecular complexity index is 554. The molecule has 0 saturated heterocycles. The van der Waals surface area contributed by atoms with Crippen LogP contribution < -0.4 is 11.1 Å². The summed E-state index contributed by atoms with van der Waals surface area (Å²) in [5.41, 5.74) is 7.27. The Labute approximate surface area is 143 Å². The Balaban J connectivity index is 0.000000980. The zero-order valence-corrected chi connectivity index (χ0v) is 15.4. The van der Waals surface area contributed by atoms with Crippen molar-refractivity contribution in [3.8, 4) is 0 Å². The van der Waals surface area contributed by atoms with Crippen molar-refractivity contribution in [3.63, 3.8) is 0 Å². The van der Waals surface area contributed by atoms with Gasteiger partial charge in [0.25, 0.3) is 0 Å². The van der Waals surface area contributed by atoms with Gasteiger partial charge in [-0.15, -0.1) is 0 Å². The molecule has 122 valence electrons. The monoisotopic (exact) mass is 341 g/mol. The minimum atomic E-state index is 0.199. The van der Waals surface area contributed by atoms with E-state index < -0.39 is 0 Å². The molecule has 0 atom stereocenters. The van der Waals surface area contributed by atoms with E-state index in [0.29, 0.717) is 15.9 Å². The summed E-state index contributed by atoms with van der Waals surface area (Å²) in [7, 11) is 0. The summed E-state index contributed by atoms with van der Waals surface area (Å²) in [6.45, 7) is 13.7. The summed E-state index contributed by atoms with van der Waals surface area (Å²) in [6.07, 6.45) is 1.66. The largest absolute Gasteiger partial charge is 0.384 e. The maximum absolute atomic E-state index is 6.05. The van der Waals surface area contributed by atoms with E-state index in [-0.39, 0.29) is 5.82 Å². The molecule has 3 nitrogen and oxygen atoms in total. The van der Waals surface area contributed by atoms with Crippen LogP contribution in [0.4, 0.5) is 5.69 Å².